The maximum atomic E-state index is 11.7. The Kier molecular flexibility index (Phi) is 18.3. The van der Waals surface area contributed by atoms with Gasteiger partial charge in [-0.2, -0.15) is 0 Å². The molecule has 71 heavy (non-hydrogen) atoms. The summed E-state index contributed by atoms with van der Waals surface area (Å²) in [5.74, 6) is -0.603. The van der Waals surface area contributed by atoms with Crippen LogP contribution < -0.4 is 4.74 Å². The number of hydrogen-bond acceptors (Lipinski definition) is 29. The molecule has 0 bridgehead atoms. The van der Waals surface area contributed by atoms with E-state index in [2.05, 4.69) is 0 Å². The molecule has 6 aliphatic heterocycles. The van der Waals surface area contributed by atoms with Crippen molar-refractivity contribution in [3.63, 3.8) is 0 Å². The largest absolute Gasteiger partial charge is 0.460 e. The fraction of sp³-hybridized carbons (Fsp3) is 0.825. The number of hydrogen-bond donors (Lipinski definition) is 15. The van der Waals surface area contributed by atoms with E-state index in [0.717, 1.165) is 18.2 Å². The molecule has 0 saturated carbocycles. The van der Waals surface area contributed by atoms with E-state index in [-0.39, 0.29) is 29.5 Å². The van der Waals surface area contributed by atoms with E-state index in [1.807, 2.05) is 0 Å². The molecule has 15 N–H and O–H groups in total. The third kappa shape index (κ3) is 11.1. The molecule has 1 aromatic rings. The molecule has 6 fully saturated rings. The van der Waals surface area contributed by atoms with Gasteiger partial charge in [0.25, 0.3) is 5.69 Å². The SMILES string of the molecule is CC(=O)CC1OC[C@H]2O[C@H](O[C@H]3[C@H](O)[C@@H](O)[C@@H](O[C@H]4[C@H](O)[C@@H](O)[C@@H](O[C@H]5[C@H](O)[C@@H](O)[C@@H](O[C@H]6[C@H](O)[C@@H](O)[C@H](Oc7ccc([N+](=O)[O-])cc7Cl)O[C@@H]6CO)O[C@@H]5CO)O[C@@H]4CO)O[C@@H]3CO)[C@H](O)[C@@H](O)[C@@]12O. The number of ether oxygens (including phenoxy) is 11. The van der Waals surface area contributed by atoms with Crippen LogP contribution in [0.5, 0.6) is 5.75 Å². The van der Waals surface area contributed by atoms with Gasteiger partial charge in [0.1, 0.15) is 133 Å². The Labute approximate surface area is 405 Å². The molecular formula is C40H58ClNO29. The van der Waals surface area contributed by atoms with E-state index in [1.165, 1.54) is 6.92 Å². The molecule has 1 aromatic carbocycles. The number of nitro benzene ring substituents is 1. The first-order valence-electron chi connectivity index (χ1n) is 22.2. The number of carbonyl (C=O) groups is 1. The fourth-order valence-corrected chi connectivity index (χ4v) is 9.45. The first-order valence-corrected chi connectivity index (χ1v) is 22.5. The van der Waals surface area contributed by atoms with Crippen molar-refractivity contribution in [2.24, 2.45) is 0 Å². The van der Waals surface area contributed by atoms with Crippen molar-refractivity contribution in [3.05, 3.63) is 33.3 Å². The van der Waals surface area contributed by atoms with E-state index in [1.54, 1.807) is 0 Å². The standard InChI is InChI=1S/C40H58ClNO29/c1-11(47)4-19-40(58)20(10-61-19)67-39(29(56)34(40)57)71-33-18(9-46)66-38(28(55)24(33)51)70-32-17(8-45)65-37(27(54)23(32)50)69-31-16(7-44)64-36(26(53)22(31)49)68-30-15(6-43)63-35(25(52)21(30)48)62-14-3-2-12(42(59)60)5-13(14)41/h2-3,5,15-39,43-46,48-58H,4,6-10H2,1H3/t15-,16-,17-,18-,19?,20-,21-,22-,23-,24-,25-,26-,27-,28-,29-,30-,31-,32-,33-,34-,35-,36-,37-,38-,39-,40-/m1/s1. The average Bonchev–Trinajstić information content (AvgIpc) is 3.66. The van der Waals surface area contributed by atoms with Crippen LogP contribution in [0, 0.1) is 10.1 Å². The summed E-state index contributed by atoms with van der Waals surface area (Å²) in [6.07, 6.45) is -46.9. The van der Waals surface area contributed by atoms with Crippen LogP contribution in [-0.4, -0.2) is 279 Å². The Hall–Kier alpha value is -2.62. The third-order valence-corrected chi connectivity index (χ3v) is 13.4. The van der Waals surface area contributed by atoms with E-state index >= 15 is 0 Å². The summed E-state index contributed by atoms with van der Waals surface area (Å²) in [5, 5.41) is 174. The molecule has 26 atom stereocenters. The molecule has 30 nitrogen and oxygen atoms in total. The summed E-state index contributed by atoms with van der Waals surface area (Å²) >= 11 is 6.07. The summed E-state index contributed by atoms with van der Waals surface area (Å²) in [6, 6.07) is 3.09. The van der Waals surface area contributed by atoms with Crippen molar-refractivity contribution < 1.29 is 138 Å². The summed E-state index contributed by atoms with van der Waals surface area (Å²) < 4.78 is 61.8. The molecule has 31 heteroatoms. The van der Waals surface area contributed by atoms with Crippen LogP contribution in [0.1, 0.15) is 13.3 Å². The zero-order chi connectivity index (χ0) is 52.0. The number of carbonyl (C=O) groups excluding carboxylic acids is 1. The lowest BCUT2D eigenvalue weighted by molar-refractivity contribution is -0.393. The predicted molar refractivity (Wildman–Crippen MR) is 220 cm³/mol. The van der Waals surface area contributed by atoms with Crippen molar-refractivity contribution in [2.75, 3.05) is 33.0 Å². The van der Waals surface area contributed by atoms with Crippen LogP contribution in [0.2, 0.25) is 5.02 Å². The van der Waals surface area contributed by atoms with Gasteiger partial charge in [-0.3, -0.25) is 14.9 Å². The second kappa shape index (κ2) is 23.1. The van der Waals surface area contributed by atoms with Gasteiger partial charge in [0.15, 0.2) is 25.2 Å². The Bertz CT molecular complexity index is 1960. The zero-order valence-electron chi connectivity index (χ0n) is 37.2. The highest BCUT2D eigenvalue weighted by Gasteiger charge is 2.64. The minimum absolute atomic E-state index is 0.210. The van der Waals surface area contributed by atoms with Crippen LogP contribution in [0.25, 0.3) is 0 Å². The molecule has 404 valence electrons. The summed E-state index contributed by atoms with van der Waals surface area (Å²) in [5.41, 5.74) is -2.63. The molecule has 0 spiro atoms. The number of Topliss-reactive ketones (excluding diaryl/α,β-unsaturated/α-hetero) is 1. The van der Waals surface area contributed by atoms with Gasteiger partial charge in [0.2, 0.25) is 6.29 Å². The quantitative estimate of drug-likeness (QED) is 0.0509. The summed E-state index contributed by atoms with van der Waals surface area (Å²) in [6.45, 7) is -3.01. The Morgan fingerprint density at radius 3 is 1.38 bits per heavy atom. The first kappa shape index (κ1) is 56.1. The molecule has 6 aliphatic rings. The Morgan fingerprint density at radius 2 is 1.01 bits per heavy atom. The van der Waals surface area contributed by atoms with E-state index in [0.29, 0.717) is 0 Å². The van der Waals surface area contributed by atoms with E-state index < -0.39 is 196 Å². The second-order valence-electron chi connectivity index (χ2n) is 17.8. The number of ketones is 1. The van der Waals surface area contributed by atoms with Crippen LogP contribution in [0.15, 0.2) is 18.2 Å². The summed E-state index contributed by atoms with van der Waals surface area (Å²) in [4.78, 5) is 22.1. The lowest BCUT2D eigenvalue weighted by atomic mass is 9.80. The van der Waals surface area contributed by atoms with E-state index in [4.69, 9.17) is 63.7 Å². The maximum absolute atomic E-state index is 11.7. The molecular weight excluding hydrogens is 994 g/mol. The van der Waals surface area contributed by atoms with Crippen molar-refractivity contribution in [2.45, 2.75) is 172 Å². The van der Waals surface area contributed by atoms with Crippen molar-refractivity contribution in [1.29, 1.82) is 0 Å². The zero-order valence-corrected chi connectivity index (χ0v) is 37.9. The van der Waals surface area contributed by atoms with Crippen molar-refractivity contribution in [3.8, 4) is 5.75 Å². The second-order valence-corrected chi connectivity index (χ2v) is 18.2. The number of aliphatic hydroxyl groups is 15. The first-order chi connectivity index (χ1) is 33.6. The number of aliphatic hydroxyl groups excluding tert-OH is 14. The van der Waals surface area contributed by atoms with Gasteiger partial charge >= 0.3 is 0 Å². The van der Waals surface area contributed by atoms with Crippen LogP contribution >= 0.6 is 11.6 Å². The number of fused-ring (bicyclic) bond motifs is 1. The number of halogens is 1. The van der Waals surface area contributed by atoms with Crippen LogP contribution in [0.3, 0.4) is 0 Å². The normalized spacial score (nSPS) is 47.1. The van der Waals surface area contributed by atoms with Gasteiger partial charge in [-0.05, 0) is 13.0 Å². The molecule has 0 radical (unpaired) electrons. The van der Waals surface area contributed by atoms with Crippen LogP contribution in [-0.2, 0) is 52.2 Å². The van der Waals surface area contributed by atoms with Gasteiger partial charge < -0.3 is 129 Å². The smallest absolute Gasteiger partial charge is 0.271 e. The van der Waals surface area contributed by atoms with Gasteiger partial charge in [0, 0.05) is 18.6 Å². The van der Waals surface area contributed by atoms with Crippen molar-refractivity contribution in [1.82, 2.24) is 0 Å². The third-order valence-electron chi connectivity index (χ3n) is 13.1. The van der Waals surface area contributed by atoms with Crippen LogP contribution in [0.4, 0.5) is 5.69 Å². The van der Waals surface area contributed by atoms with E-state index in [9.17, 15) is 91.5 Å². The molecule has 0 aliphatic carbocycles. The fourth-order valence-electron chi connectivity index (χ4n) is 9.23. The topological polar surface area (TPSA) is 465 Å². The summed E-state index contributed by atoms with van der Waals surface area (Å²) in [7, 11) is 0. The molecule has 6 heterocycles. The molecule has 6 saturated heterocycles. The average molecular weight is 1050 g/mol. The molecule has 1 unspecified atom stereocenters. The van der Waals surface area contributed by atoms with Crippen molar-refractivity contribution >= 4 is 23.1 Å². The lowest BCUT2D eigenvalue weighted by Gasteiger charge is -2.50. The predicted octanol–water partition coefficient (Wildman–Crippen LogP) is -8.52. The molecule has 0 amide bonds. The Balaban J connectivity index is 0.957. The van der Waals surface area contributed by atoms with Gasteiger partial charge in [0.05, 0.1) is 49.1 Å². The van der Waals surface area contributed by atoms with Gasteiger partial charge in [-0.1, -0.05) is 11.6 Å². The highest BCUT2D eigenvalue weighted by Crippen LogP contribution is 2.42. The minimum Gasteiger partial charge on any atom is -0.460 e. The van der Waals surface area contributed by atoms with Gasteiger partial charge in [-0.15, -0.1) is 0 Å². The number of benzene rings is 1. The minimum atomic E-state index is -2.25. The number of non-ortho nitro benzene ring substituents is 1. The highest BCUT2D eigenvalue weighted by atomic mass is 35.5. The number of rotatable bonds is 17. The lowest BCUT2D eigenvalue weighted by Crippen LogP contribution is -2.70. The Morgan fingerprint density at radius 1 is 0.634 bits per heavy atom. The number of nitro groups is 1. The molecule has 7 rings (SSSR count). The monoisotopic (exact) mass is 1050 g/mol. The molecule has 0 aromatic heterocycles. The maximum Gasteiger partial charge on any atom is 0.271 e. The highest BCUT2D eigenvalue weighted by molar-refractivity contribution is 6.32. The van der Waals surface area contributed by atoms with Gasteiger partial charge in [-0.25, -0.2) is 0 Å². The number of nitrogens with zero attached hydrogens (tertiary/aromatic N) is 1.